The van der Waals surface area contributed by atoms with Crippen molar-refractivity contribution in [2.45, 2.75) is 64.3 Å². The number of carboxylic acids is 1. The molecule has 0 bridgehead atoms. The molecule has 17 nitrogen and oxygen atoms in total. The number of carbonyl (C=O) groups is 6. The Kier molecular flexibility index (Phi) is 16.2. The number of hydrogen-bond acceptors (Lipinski definition) is 17. The average Bonchev–Trinajstić information content (AvgIpc) is 4.24. The minimum atomic E-state index is -0.863. The van der Waals surface area contributed by atoms with Gasteiger partial charge in [-0.1, -0.05) is 30.3 Å². The molecule has 7 heterocycles. The molecule has 1 aliphatic rings. The Bertz CT molecular complexity index is 2950. The van der Waals surface area contributed by atoms with E-state index in [1.54, 1.807) is 44.9 Å². The Hall–Kier alpha value is -6.46. The Labute approximate surface area is 416 Å². The smallest absolute Gasteiger partial charge is 0.325 e. The molecule has 1 saturated heterocycles. The van der Waals surface area contributed by atoms with Crippen LogP contribution in [0.25, 0.3) is 43.4 Å². The zero-order valence-electron chi connectivity index (χ0n) is 37.5. The number of urea groups is 1. The highest BCUT2D eigenvalue weighted by atomic mass is 32.1. The molecule has 0 saturated carbocycles. The number of hydrogen-bond donors (Lipinski definition) is 3. The number of carbonyl (C=O) groups excluding carboxylic acids is 5. The van der Waals surface area contributed by atoms with E-state index < -0.39 is 23.8 Å². The molecule has 7 aromatic rings. The van der Waals surface area contributed by atoms with Crippen LogP contribution in [0.5, 0.6) is 0 Å². The third-order valence-electron chi connectivity index (χ3n) is 11.4. The molecule has 0 unspecified atom stereocenters. The van der Waals surface area contributed by atoms with Crippen LogP contribution in [0, 0.1) is 12.8 Å². The summed E-state index contributed by atoms with van der Waals surface area (Å²) in [7, 11) is 1.50. The highest BCUT2D eigenvalue weighted by molar-refractivity contribution is 7.15. The van der Waals surface area contributed by atoms with Gasteiger partial charge in [-0.3, -0.25) is 24.1 Å². The van der Waals surface area contributed by atoms with Crippen molar-refractivity contribution >= 4 is 98.9 Å². The van der Waals surface area contributed by atoms with Crippen molar-refractivity contribution in [1.82, 2.24) is 45.4 Å². The third kappa shape index (κ3) is 11.9. The monoisotopic (exact) mass is 1020 g/mol. The van der Waals surface area contributed by atoms with Crippen molar-refractivity contribution in [2.75, 3.05) is 31.6 Å². The molecule has 22 heteroatoms. The van der Waals surface area contributed by atoms with Crippen LogP contribution in [0.4, 0.5) is 10.6 Å². The lowest BCUT2D eigenvalue weighted by molar-refractivity contribution is -0.143. The first kappa shape index (κ1) is 49.0. The number of aliphatic carboxylic acids is 1. The number of rotatable bonds is 20. The molecular weight excluding hydrogens is 977 g/mol. The minimum Gasteiger partial charge on any atom is -0.481 e. The van der Waals surface area contributed by atoms with Crippen molar-refractivity contribution in [3.05, 3.63) is 95.8 Å². The fraction of sp³-hybridized carbons (Fsp3) is 0.319. The standard InChI is InChI=1S/C47H46N10O7S5/c1-27-33(22-59)52-45(69-27)32(21-38(60)48-2)51-41(61)35-24-66-42(54-35)30-12-13-31(50-40(30)34-23-67-44(53-34)36-25-65-39(49-36)14-11-28-9-5-3-6-10-28)43-55-37(26-68-43)57(17-7-4-8-20-58)47(64)56-18-15-29(16-19-56)46(62)63/h3,5-6,9-10,12-13,20,22-26,29,32H,4,7-8,11,14-19,21H2,1-2H3,(H,48,60)(H,51,61)(H,62,63)/t32-/m0/s1. The van der Waals surface area contributed by atoms with E-state index in [1.807, 2.05) is 35.0 Å². The number of carboxylic acid groups (broad SMARTS) is 1. The summed E-state index contributed by atoms with van der Waals surface area (Å²) >= 11 is 6.80. The second kappa shape index (κ2) is 22.8. The van der Waals surface area contributed by atoms with Crippen LogP contribution in [0.3, 0.4) is 0 Å². The first-order valence-electron chi connectivity index (χ1n) is 22.1. The van der Waals surface area contributed by atoms with E-state index in [0.29, 0.717) is 111 Å². The van der Waals surface area contributed by atoms with Crippen LogP contribution < -0.4 is 15.5 Å². The molecule has 1 fully saturated rings. The van der Waals surface area contributed by atoms with Crippen LogP contribution in [-0.2, 0) is 27.2 Å². The van der Waals surface area contributed by atoms with Gasteiger partial charge in [-0.25, -0.2) is 34.7 Å². The molecule has 69 heavy (non-hydrogen) atoms. The summed E-state index contributed by atoms with van der Waals surface area (Å²) in [6.07, 6.45) is 5.28. The van der Waals surface area contributed by atoms with Gasteiger partial charge in [0.1, 0.15) is 60.6 Å². The molecule has 356 valence electrons. The summed E-state index contributed by atoms with van der Waals surface area (Å²) in [6, 6.07) is 12.8. The lowest BCUT2D eigenvalue weighted by Crippen LogP contribution is -2.48. The zero-order chi connectivity index (χ0) is 48.4. The van der Waals surface area contributed by atoms with E-state index in [1.165, 1.54) is 58.0 Å². The highest BCUT2D eigenvalue weighted by Crippen LogP contribution is 2.39. The van der Waals surface area contributed by atoms with Gasteiger partial charge in [-0.05, 0) is 56.7 Å². The first-order chi connectivity index (χ1) is 33.5. The number of unbranched alkanes of at least 4 members (excludes halogenated alkanes) is 2. The van der Waals surface area contributed by atoms with Crippen LogP contribution in [-0.4, -0.2) is 103 Å². The summed E-state index contributed by atoms with van der Waals surface area (Å²) in [6.45, 7) is 2.67. The number of thiazole rings is 5. The largest absolute Gasteiger partial charge is 0.481 e. The Morgan fingerprint density at radius 2 is 1.58 bits per heavy atom. The fourth-order valence-electron chi connectivity index (χ4n) is 7.58. The number of likely N-dealkylation sites (tertiary alicyclic amines) is 1. The van der Waals surface area contributed by atoms with Crippen molar-refractivity contribution in [1.29, 1.82) is 0 Å². The van der Waals surface area contributed by atoms with Crippen LogP contribution in [0.1, 0.15) is 86.0 Å². The molecule has 4 amide bonds. The maximum absolute atomic E-state index is 14.0. The van der Waals surface area contributed by atoms with E-state index in [4.69, 9.17) is 24.9 Å². The summed E-state index contributed by atoms with van der Waals surface area (Å²) < 4.78 is 0. The number of benzene rings is 1. The molecule has 1 atom stereocenters. The third-order valence-corrected chi connectivity index (χ3v) is 16.0. The number of nitrogens with zero attached hydrogens (tertiary/aromatic N) is 8. The predicted molar refractivity (Wildman–Crippen MR) is 268 cm³/mol. The molecule has 3 N–H and O–H groups in total. The van der Waals surface area contributed by atoms with Crippen molar-refractivity contribution in [3.8, 4) is 43.4 Å². The van der Waals surface area contributed by atoms with Crippen LogP contribution in [0.2, 0.25) is 0 Å². The summed E-state index contributed by atoms with van der Waals surface area (Å²) in [5.41, 5.74) is 4.48. The number of aromatic nitrogens is 6. The maximum atomic E-state index is 14.0. The lowest BCUT2D eigenvalue weighted by Gasteiger charge is -2.34. The van der Waals surface area contributed by atoms with Gasteiger partial charge in [-0.15, -0.1) is 56.7 Å². The molecule has 6 aromatic heterocycles. The van der Waals surface area contributed by atoms with E-state index in [9.17, 15) is 33.9 Å². The second-order valence-electron chi connectivity index (χ2n) is 16.0. The predicted octanol–water partition coefficient (Wildman–Crippen LogP) is 8.64. The zero-order valence-corrected chi connectivity index (χ0v) is 41.5. The fourth-order valence-corrected chi connectivity index (χ4v) is 11.7. The number of aryl methyl sites for hydroxylation is 3. The van der Waals surface area contributed by atoms with Gasteiger partial charge in [0, 0.05) is 71.5 Å². The number of aldehydes is 2. The van der Waals surface area contributed by atoms with Gasteiger partial charge < -0.3 is 25.4 Å². The molecule has 0 aliphatic carbocycles. The SMILES string of the molecule is CNC(=O)C[C@H](NC(=O)c1csc(-c2ccc(-c3nc(N(CCCCC=O)C(=O)N4CCC(C(=O)O)CC4)cs3)nc2-c2csc(-c3csc(CCc4ccccc4)n3)n2)n1)c1nc(C=O)c(C)s1. The highest BCUT2D eigenvalue weighted by Gasteiger charge is 2.31. The number of anilines is 1. The Morgan fingerprint density at radius 1 is 0.826 bits per heavy atom. The van der Waals surface area contributed by atoms with E-state index in [0.717, 1.165) is 29.8 Å². The molecule has 0 spiro atoms. The van der Waals surface area contributed by atoms with E-state index in [-0.39, 0.29) is 29.7 Å². The first-order valence-corrected chi connectivity index (χ1v) is 26.4. The van der Waals surface area contributed by atoms with Crippen molar-refractivity contribution in [2.24, 2.45) is 5.92 Å². The number of pyridine rings is 1. The van der Waals surface area contributed by atoms with E-state index in [2.05, 4.69) is 27.8 Å². The van der Waals surface area contributed by atoms with Gasteiger partial charge in [0.15, 0.2) is 6.29 Å². The Balaban J connectivity index is 1.10. The molecule has 8 rings (SSSR count). The van der Waals surface area contributed by atoms with Crippen LogP contribution >= 0.6 is 56.7 Å². The quantitative estimate of drug-likeness (QED) is 0.0480. The van der Waals surface area contributed by atoms with Gasteiger partial charge in [0.2, 0.25) is 5.91 Å². The van der Waals surface area contributed by atoms with Crippen molar-refractivity contribution in [3.63, 3.8) is 0 Å². The van der Waals surface area contributed by atoms with Gasteiger partial charge >= 0.3 is 12.0 Å². The number of nitrogens with one attached hydrogen (secondary N) is 2. The topological polar surface area (TPSA) is 231 Å². The van der Waals surface area contributed by atoms with E-state index >= 15 is 0 Å². The molecular formula is C47H46N10O7S5. The van der Waals surface area contributed by atoms with Crippen LogP contribution in [0.15, 0.2) is 64.0 Å². The lowest BCUT2D eigenvalue weighted by atomic mass is 9.97. The van der Waals surface area contributed by atoms with Gasteiger partial charge in [-0.2, -0.15) is 0 Å². The normalized spacial score (nSPS) is 13.2. The molecule has 1 aromatic carbocycles. The summed E-state index contributed by atoms with van der Waals surface area (Å²) in [5.74, 6) is -1.80. The number of amides is 4. The summed E-state index contributed by atoms with van der Waals surface area (Å²) in [5, 5.41) is 25.5. The van der Waals surface area contributed by atoms with Gasteiger partial charge in [0.25, 0.3) is 5.91 Å². The second-order valence-corrected chi connectivity index (χ2v) is 20.8. The summed E-state index contributed by atoms with van der Waals surface area (Å²) in [4.78, 5) is 108. The maximum Gasteiger partial charge on any atom is 0.325 e. The minimum absolute atomic E-state index is 0.101. The average molecular weight is 1020 g/mol. The number of piperidine rings is 1. The molecule has 1 aliphatic heterocycles. The Morgan fingerprint density at radius 3 is 2.32 bits per heavy atom. The van der Waals surface area contributed by atoms with Gasteiger partial charge in [0.05, 0.1) is 29.1 Å². The van der Waals surface area contributed by atoms with Crippen molar-refractivity contribution < 1.29 is 33.9 Å². The molecule has 0 radical (unpaired) electrons.